The standard InChI is InChI=1S/C18H14N2O3S/c21-14-11-24-16-15(19(14)12-7-3-1-4-8-12)17(22)20(18(16)23)13-9-5-2-6-10-13/h1-10,15-16H,11H2. The summed E-state index contributed by atoms with van der Waals surface area (Å²) >= 11 is 1.25. The van der Waals surface area contributed by atoms with Crippen molar-refractivity contribution in [3.8, 4) is 0 Å². The number of amides is 3. The quantitative estimate of drug-likeness (QED) is 0.787. The Morgan fingerprint density at radius 1 is 0.792 bits per heavy atom. The van der Waals surface area contributed by atoms with Crippen LogP contribution in [-0.2, 0) is 14.4 Å². The molecule has 2 heterocycles. The first-order valence-electron chi connectivity index (χ1n) is 7.60. The lowest BCUT2D eigenvalue weighted by molar-refractivity contribution is -0.123. The third-order valence-electron chi connectivity index (χ3n) is 4.21. The van der Waals surface area contributed by atoms with E-state index in [9.17, 15) is 14.4 Å². The molecular weight excluding hydrogens is 324 g/mol. The summed E-state index contributed by atoms with van der Waals surface area (Å²) in [5, 5.41) is -0.560. The van der Waals surface area contributed by atoms with Crippen LogP contribution < -0.4 is 9.80 Å². The molecule has 2 atom stereocenters. The highest BCUT2D eigenvalue weighted by Crippen LogP contribution is 2.38. The van der Waals surface area contributed by atoms with Crippen molar-refractivity contribution in [1.82, 2.24) is 0 Å². The van der Waals surface area contributed by atoms with Crippen LogP contribution in [0.2, 0.25) is 0 Å². The molecule has 0 aromatic heterocycles. The maximum Gasteiger partial charge on any atom is 0.258 e. The van der Waals surface area contributed by atoms with Crippen LogP contribution >= 0.6 is 11.8 Å². The first kappa shape index (κ1) is 15.0. The van der Waals surface area contributed by atoms with Gasteiger partial charge in [0.1, 0.15) is 11.3 Å². The second-order valence-electron chi connectivity index (χ2n) is 5.62. The Morgan fingerprint density at radius 2 is 1.38 bits per heavy atom. The Kier molecular flexibility index (Phi) is 3.61. The summed E-state index contributed by atoms with van der Waals surface area (Å²) in [4.78, 5) is 40.9. The van der Waals surface area contributed by atoms with Crippen molar-refractivity contribution < 1.29 is 14.4 Å². The van der Waals surface area contributed by atoms with E-state index >= 15 is 0 Å². The monoisotopic (exact) mass is 338 g/mol. The fourth-order valence-electron chi connectivity index (χ4n) is 3.15. The van der Waals surface area contributed by atoms with Crippen LogP contribution in [0.4, 0.5) is 11.4 Å². The smallest absolute Gasteiger partial charge is 0.258 e. The van der Waals surface area contributed by atoms with E-state index in [2.05, 4.69) is 0 Å². The van der Waals surface area contributed by atoms with E-state index in [1.807, 2.05) is 24.3 Å². The summed E-state index contributed by atoms with van der Waals surface area (Å²) < 4.78 is 0. The predicted molar refractivity (Wildman–Crippen MR) is 92.9 cm³/mol. The van der Waals surface area contributed by atoms with Gasteiger partial charge in [0, 0.05) is 5.69 Å². The molecule has 0 N–H and O–H groups in total. The molecule has 0 aliphatic carbocycles. The number of hydrogen-bond donors (Lipinski definition) is 0. The number of thioether (sulfide) groups is 1. The fourth-order valence-corrected chi connectivity index (χ4v) is 4.28. The summed E-state index contributed by atoms with van der Waals surface area (Å²) in [6.45, 7) is 0. The molecule has 0 radical (unpaired) electrons. The highest BCUT2D eigenvalue weighted by molar-refractivity contribution is 8.01. The minimum atomic E-state index is -0.786. The second-order valence-corrected chi connectivity index (χ2v) is 6.75. The molecule has 2 fully saturated rings. The van der Waals surface area contributed by atoms with E-state index in [0.717, 1.165) is 0 Å². The van der Waals surface area contributed by atoms with Crippen LogP contribution in [0.15, 0.2) is 60.7 Å². The molecule has 0 saturated carbocycles. The van der Waals surface area contributed by atoms with Gasteiger partial charge in [0.05, 0.1) is 11.4 Å². The van der Waals surface area contributed by atoms with Crippen LogP contribution in [-0.4, -0.2) is 34.8 Å². The Balaban J connectivity index is 1.77. The molecule has 2 aromatic carbocycles. The molecule has 2 aliphatic rings. The van der Waals surface area contributed by atoms with E-state index in [-0.39, 0.29) is 23.5 Å². The molecule has 3 amide bonds. The number of imide groups is 1. The molecule has 2 saturated heterocycles. The van der Waals surface area contributed by atoms with Crippen molar-refractivity contribution in [2.45, 2.75) is 11.3 Å². The average Bonchev–Trinajstić information content (AvgIpc) is 2.87. The van der Waals surface area contributed by atoms with E-state index in [0.29, 0.717) is 11.4 Å². The lowest BCUT2D eigenvalue weighted by atomic mass is 10.1. The molecule has 4 rings (SSSR count). The molecule has 120 valence electrons. The van der Waals surface area contributed by atoms with Crippen LogP contribution in [0.3, 0.4) is 0 Å². The van der Waals surface area contributed by atoms with Crippen LogP contribution in [0.25, 0.3) is 0 Å². The van der Waals surface area contributed by atoms with Crippen molar-refractivity contribution in [2.24, 2.45) is 0 Å². The number of carbonyl (C=O) groups is 3. The summed E-state index contributed by atoms with van der Waals surface area (Å²) in [6.07, 6.45) is 0. The van der Waals surface area contributed by atoms with Gasteiger partial charge >= 0.3 is 0 Å². The molecule has 0 spiro atoms. The minimum Gasteiger partial charge on any atom is -0.297 e. The maximum absolute atomic E-state index is 13.0. The largest absolute Gasteiger partial charge is 0.297 e. The van der Waals surface area contributed by atoms with E-state index in [1.54, 1.807) is 36.4 Å². The minimum absolute atomic E-state index is 0.150. The van der Waals surface area contributed by atoms with Crippen LogP contribution in [0.5, 0.6) is 0 Å². The van der Waals surface area contributed by atoms with Gasteiger partial charge in [-0.3, -0.25) is 19.3 Å². The lowest BCUT2D eigenvalue weighted by Crippen LogP contribution is -2.53. The van der Waals surface area contributed by atoms with E-state index < -0.39 is 11.3 Å². The van der Waals surface area contributed by atoms with Gasteiger partial charge in [-0.15, -0.1) is 11.8 Å². The van der Waals surface area contributed by atoms with Gasteiger partial charge in [-0.05, 0) is 24.3 Å². The maximum atomic E-state index is 13.0. The normalized spacial score (nSPS) is 23.6. The molecule has 24 heavy (non-hydrogen) atoms. The number of benzene rings is 2. The van der Waals surface area contributed by atoms with Crippen LogP contribution in [0, 0.1) is 0 Å². The second kappa shape index (κ2) is 5.79. The van der Waals surface area contributed by atoms with E-state index in [4.69, 9.17) is 0 Å². The SMILES string of the molecule is O=C1C2SCC(=O)N(c3ccccc3)C2C(=O)N1c1ccccc1. The Bertz CT molecular complexity index is 810. The number of para-hydroxylation sites is 2. The summed E-state index contributed by atoms with van der Waals surface area (Å²) in [5.41, 5.74) is 1.19. The molecule has 2 aliphatic heterocycles. The van der Waals surface area contributed by atoms with E-state index in [1.165, 1.54) is 21.6 Å². The van der Waals surface area contributed by atoms with Gasteiger partial charge in [-0.2, -0.15) is 0 Å². The Morgan fingerprint density at radius 3 is 2.00 bits per heavy atom. The zero-order chi connectivity index (χ0) is 16.7. The number of nitrogens with zero attached hydrogens (tertiary/aromatic N) is 2. The first-order valence-corrected chi connectivity index (χ1v) is 8.65. The highest BCUT2D eigenvalue weighted by Gasteiger charge is 2.55. The fraction of sp³-hybridized carbons (Fsp3) is 0.167. The van der Waals surface area contributed by atoms with Gasteiger partial charge in [0.25, 0.3) is 5.91 Å². The van der Waals surface area contributed by atoms with Crippen molar-refractivity contribution in [1.29, 1.82) is 0 Å². The number of anilines is 2. The Hall–Kier alpha value is -2.60. The summed E-state index contributed by atoms with van der Waals surface area (Å²) in [5.74, 6) is -0.559. The number of hydrogen-bond acceptors (Lipinski definition) is 4. The van der Waals surface area contributed by atoms with Crippen LogP contribution in [0.1, 0.15) is 0 Å². The average molecular weight is 338 g/mol. The van der Waals surface area contributed by atoms with Gasteiger partial charge in [0.15, 0.2) is 0 Å². The number of carbonyl (C=O) groups excluding carboxylic acids is 3. The van der Waals surface area contributed by atoms with Gasteiger partial charge < -0.3 is 0 Å². The zero-order valence-electron chi connectivity index (χ0n) is 12.7. The molecular formula is C18H14N2O3S. The lowest BCUT2D eigenvalue weighted by Gasteiger charge is -2.34. The van der Waals surface area contributed by atoms with Crippen molar-refractivity contribution in [3.05, 3.63) is 60.7 Å². The van der Waals surface area contributed by atoms with Crippen molar-refractivity contribution in [2.75, 3.05) is 15.6 Å². The highest BCUT2D eigenvalue weighted by atomic mass is 32.2. The number of rotatable bonds is 2. The first-order chi connectivity index (χ1) is 11.7. The van der Waals surface area contributed by atoms with Gasteiger partial charge in [-0.25, -0.2) is 4.90 Å². The summed E-state index contributed by atoms with van der Waals surface area (Å²) in [7, 11) is 0. The van der Waals surface area contributed by atoms with Crippen molar-refractivity contribution >= 4 is 40.9 Å². The third-order valence-corrected chi connectivity index (χ3v) is 5.44. The third kappa shape index (κ3) is 2.22. The molecule has 5 nitrogen and oxygen atoms in total. The van der Waals surface area contributed by atoms with Gasteiger partial charge in [-0.1, -0.05) is 36.4 Å². The molecule has 6 heteroatoms. The summed E-state index contributed by atoms with van der Waals surface area (Å²) in [6, 6.07) is 17.1. The molecule has 0 bridgehead atoms. The zero-order valence-corrected chi connectivity index (χ0v) is 13.5. The Labute approximate surface area is 143 Å². The number of fused-ring (bicyclic) bond motifs is 1. The predicted octanol–water partition coefficient (Wildman–Crippen LogP) is 2.08. The topological polar surface area (TPSA) is 57.7 Å². The van der Waals surface area contributed by atoms with Gasteiger partial charge in [0.2, 0.25) is 11.8 Å². The molecule has 2 aromatic rings. The van der Waals surface area contributed by atoms with Crippen molar-refractivity contribution in [3.63, 3.8) is 0 Å². The molecule has 2 unspecified atom stereocenters.